The SMILES string of the molecule is CC(C)c1nc2ccccc2c2nn(CCC(N)=O)c(=O)n12. The Morgan fingerprint density at radius 1 is 1.32 bits per heavy atom. The second kappa shape index (κ2) is 5.25. The Bertz CT molecular complexity index is 923. The summed E-state index contributed by atoms with van der Waals surface area (Å²) in [4.78, 5) is 28.1. The monoisotopic (exact) mass is 299 g/mol. The van der Waals surface area contributed by atoms with Crippen molar-refractivity contribution in [1.82, 2.24) is 19.2 Å². The lowest BCUT2D eigenvalue weighted by atomic mass is 10.2. The third-order valence-electron chi connectivity index (χ3n) is 3.53. The summed E-state index contributed by atoms with van der Waals surface area (Å²) in [7, 11) is 0. The molecule has 0 bridgehead atoms. The Labute approximate surface area is 126 Å². The summed E-state index contributed by atoms with van der Waals surface area (Å²) in [6, 6.07) is 7.56. The fourth-order valence-corrected chi connectivity index (χ4v) is 2.47. The molecule has 2 heterocycles. The van der Waals surface area contributed by atoms with Gasteiger partial charge in [-0.15, -0.1) is 5.10 Å². The number of aromatic nitrogens is 4. The summed E-state index contributed by atoms with van der Waals surface area (Å²) >= 11 is 0. The number of carbonyl (C=O) groups is 1. The number of primary amides is 1. The number of hydrogen-bond acceptors (Lipinski definition) is 4. The molecule has 22 heavy (non-hydrogen) atoms. The van der Waals surface area contributed by atoms with Gasteiger partial charge < -0.3 is 5.73 Å². The molecule has 114 valence electrons. The number of benzene rings is 1. The number of rotatable bonds is 4. The van der Waals surface area contributed by atoms with Crippen LogP contribution in [0.3, 0.4) is 0 Å². The van der Waals surface area contributed by atoms with Gasteiger partial charge in [-0.05, 0) is 12.1 Å². The first-order valence-electron chi connectivity index (χ1n) is 7.15. The first-order valence-corrected chi connectivity index (χ1v) is 7.15. The summed E-state index contributed by atoms with van der Waals surface area (Å²) in [6.07, 6.45) is 0.0756. The van der Waals surface area contributed by atoms with E-state index in [9.17, 15) is 9.59 Å². The van der Waals surface area contributed by atoms with Gasteiger partial charge in [-0.2, -0.15) is 0 Å². The Morgan fingerprint density at radius 2 is 2.05 bits per heavy atom. The van der Waals surface area contributed by atoms with Gasteiger partial charge in [0, 0.05) is 17.7 Å². The Balaban J connectivity index is 2.33. The van der Waals surface area contributed by atoms with E-state index in [1.807, 2.05) is 38.1 Å². The molecule has 0 spiro atoms. The molecule has 0 atom stereocenters. The van der Waals surface area contributed by atoms with E-state index in [0.717, 1.165) is 10.9 Å². The fourth-order valence-electron chi connectivity index (χ4n) is 2.47. The highest BCUT2D eigenvalue weighted by molar-refractivity contribution is 5.91. The van der Waals surface area contributed by atoms with Crippen LogP contribution in [0.5, 0.6) is 0 Å². The van der Waals surface area contributed by atoms with Crippen LogP contribution in [0.4, 0.5) is 0 Å². The van der Waals surface area contributed by atoms with Gasteiger partial charge in [0.1, 0.15) is 5.82 Å². The molecule has 0 saturated heterocycles. The van der Waals surface area contributed by atoms with Crippen LogP contribution in [0.25, 0.3) is 16.6 Å². The molecule has 3 aromatic rings. The molecule has 0 aliphatic carbocycles. The van der Waals surface area contributed by atoms with Crippen LogP contribution in [-0.4, -0.2) is 25.1 Å². The van der Waals surface area contributed by atoms with Crippen molar-refractivity contribution in [3.63, 3.8) is 0 Å². The van der Waals surface area contributed by atoms with E-state index < -0.39 is 5.91 Å². The third-order valence-corrected chi connectivity index (χ3v) is 3.53. The van der Waals surface area contributed by atoms with Gasteiger partial charge in [-0.1, -0.05) is 26.0 Å². The predicted molar refractivity (Wildman–Crippen MR) is 82.7 cm³/mol. The highest BCUT2D eigenvalue weighted by Gasteiger charge is 2.17. The standard InChI is InChI=1S/C15H17N5O2/c1-9(2)13-17-11-6-4-3-5-10(11)14-18-19(8-7-12(16)21)15(22)20(13)14/h3-6,9H,7-8H2,1-2H3,(H2,16,21). The lowest BCUT2D eigenvalue weighted by molar-refractivity contribution is -0.118. The number of para-hydroxylation sites is 1. The Morgan fingerprint density at radius 3 is 2.73 bits per heavy atom. The van der Waals surface area contributed by atoms with Crippen LogP contribution in [0, 0.1) is 0 Å². The van der Waals surface area contributed by atoms with Crippen LogP contribution < -0.4 is 11.4 Å². The first-order chi connectivity index (χ1) is 10.5. The maximum absolute atomic E-state index is 12.6. The topological polar surface area (TPSA) is 95.3 Å². The van der Waals surface area contributed by atoms with Crippen molar-refractivity contribution in [1.29, 1.82) is 0 Å². The smallest absolute Gasteiger partial charge is 0.351 e. The lowest BCUT2D eigenvalue weighted by Gasteiger charge is -2.08. The highest BCUT2D eigenvalue weighted by Crippen LogP contribution is 2.20. The van der Waals surface area contributed by atoms with Crippen LogP contribution in [0.1, 0.15) is 32.0 Å². The largest absolute Gasteiger partial charge is 0.370 e. The number of nitrogens with zero attached hydrogens (tertiary/aromatic N) is 4. The Hall–Kier alpha value is -2.70. The van der Waals surface area contributed by atoms with Crippen LogP contribution in [0.2, 0.25) is 0 Å². The van der Waals surface area contributed by atoms with E-state index in [4.69, 9.17) is 5.73 Å². The van der Waals surface area contributed by atoms with Gasteiger partial charge in [-0.25, -0.2) is 18.9 Å². The zero-order chi connectivity index (χ0) is 15.9. The van der Waals surface area contributed by atoms with Crippen molar-refractivity contribution in [2.75, 3.05) is 0 Å². The maximum atomic E-state index is 12.6. The van der Waals surface area contributed by atoms with Crippen molar-refractivity contribution in [2.45, 2.75) is 32.7 Å². The van der Waals surface area contributed by atoms with Crippen LogP contribution in [0.15, 0.2) is 29.1 Å². The molecule has 0 fully saturated rings. The van der Waals surface area contributed by atoms with Crippen molar-refractivity contribution in [3.8, 4) is 0 Å². The van der Waals surface area contributed by atoms with Gasteiger partial charge in [0.25, 0.3) is 0 Å². The number of nitrogens with two attached hydrogens (primary N) is 1. The van der Waals surface area contributed by atoms with E-state index in [-0.39, 0.29) is 24.6 Å². The zero-order valence-corrected chi connectivity index (χ0v) is 12.5. The second-order valence-electron chi connectivity index (χ2n) is 5.52. The minimum absolute atomic E-state index is 0.0681. The van der Waals surface area contributed by atoms with E-state index in [2.05, 4.69) is 10.1 Å². The molecule has 1 aromatic carbocycles. The van der Waals surface area contributed by atoms with Crippen LogP contribution >= 0.6 is 0 Å². The number of aryl methyl sites for hydroxylation is 1. The third kappa shape index (κ3) is 2.24. The minimum atomic E-state index is -0.462. The fraction of sp³-hybridized carbons (Fsp3) is 0.333. The minimum Gasteiger partial charge on any atom is -0.370 e. The normalized spacial score (nSPS) is 11.6. The molecule has 0 saturated carbocycles. The predicted octanol–water partition coefficient (Wildman–Crippen LogP) is 1.04. The summed E-state index contributed by atoms with van der Waals surface area (Å²) in [6.45, 7) is 4.12. The molecule has 2 N–H and O–H groups in total. The van der Waals surface area contributed by atoms with Gasteiger partial charge in [0.2, 0.25) is 5.91 Å². The average molecular weight is 299 g/mol. The number of carbonyl (C=O) groups excluding carboxylic acids is 1. The number of hydrogen-bond donors (Lipinski definition) is 1. The van der Waals surface area contributed by atoms with E-state index in [1.165, 1.54) is 9.08 Å². The van der Waals surface area contributed by atoms with Crippen molar-refractivity contribution < 1.29 is 4.79 Å². The lowest BCUT2D eigenvalue weighted by Crippen LogP contribution is -2.26. The number of fused-ring (bicyclic) bond motifs is 3. The molecule has 0 aliphatic rings. The molecular weight excluding hydrogens is 282 g/mol. The highest BCUT2D eigenvalue weighted by atomic mass is 16.2. The van der Waals surface area contributed by atoms with E-state index in [1.54, 1.807) is 0 Å². The van der Waals surface area contributed by atoms with E-state index in [0.29, 0.717) is 11.5 Å². The van der Waals surface area contributed by atoms with Crippen LogP contribution in [-0.2, 0) is 11.3 Å². The molecule has 7 nitrogen and oxygen atoms in total. The summed E-state index contributed by atoms with van der Waals surface area (Å²) in [5, 5.41) is 5.18. The molecule has 7 heteroatoms. The average Bonchev–Trinajstić information content (AvgIpc) is 2.81. The zero-order valence-electron chi connectivity index (χ0n) is 12.5. The van der Waals surface area contributed by atoms with Gasteiger partial charge in [0.05, 0.1) is 12.1 Å². The molecule has 0 radical (unpaired) electrons. The molecular formula is C15H17N5O2. The molecule has 1 amide bonds. The van der Waals surface area contributed by atoms with Gasteiger partial charge in [-0.3, -0.25) is 4.79 Å². The van der Waals surface area contributed by atoms with Crippen molar-refractivity contribution in [2.24, 2.45) is 5.73 Å². The molecule has 0 unspecified atom stereocenters. The summed E-state index contributed by atoms with van der Waals surface area (Å²) in [5.41, 5.74) is 6.21. The van der Waals surface area contributed by atoms with E-state index >= 15 is 0 Å². The quantitative estimate of drug-likeness (QED) is 0.778. The first kappa shape index (κ1) is 14.2. The molecule has 0 aliphatic heterocycles. The molecule has 2 aromatic heterocycles. The van der Waals surface area contributed by atoms with Gasteiger partial charge >= 0.3 is 5.69 Å². The summed E-state index contributed by atoms with van der Waals surface area (Å²) in [5.74, 6) is 0.263. The number of amides is 1. The van der Waals surface area contributed by atoms with Gasteiger partial charge in [0.15, 0.2) is 5.65 Å². The second-order valence-corrected chi connectivity index (χ2v) is 5.52. The molecule has 3 rings (SSSR count). The van der Waals surface area contributed by atoms with Crippen molar-refractivity contribution >= 4 is 22.5 Å². The summed E-state index contributed by atoms with van der Waals surface area (Å²) < 4.78 is 2.80. The maximum Gasteiger partial charge on any atom is 0.351 e. The van der Waals surface area contributed by atoms with Crippen molar-refractivity contribution in [3.05, 3.63) is 40.6 Å². The Kier molecular flexibility index (Phi) is 3.40.